The van der Waals surface area contributed by atoms with E-state index in [0.29, 0.717) is 23.9 Å². The van der Waals surface area contributed by atoms with Crippen LogP contribution in [0.4, 0.5) is 5.69 Å². The maximum absolute atomic E-state index is 13.8. The zero-order valence-corrected chi connectivity index (χ0v) is 22.4. The third kappa shape index (κ3) is 4.68. The Kier molecular flexibility index (Phi) is 6.40. The molecule has 0 saturated carbocycles. The Morgan fingerprint density at radius 3 is 2.67 bits per heavy atom. The number of fused-ring (bicyclic) bond motifs is 1. The topological polar surface area (TPSA) is 104 Å². The molecule has 39 heavy (non-hydrogen) atoms. The molecule has 0 bridgehead atoms. The van der Waals surface area contributed by atoms with E-state index in [1.165, 1.54) is 0 Å². The van der Waals surface area contributed by atoms with Crippen molar-refractivity contribution in [2.45, 2.75) is 31.8 Å². The molecule has 1 aliphatic rings. The fraction of sp³-hybridized carbons (Fsp3) is 0.258. The summed E-state index contributed by atoms with van der Waals surface area (Å²) in [4.78, 5) is 30.6. The Bertz CT molecular complexity index is 1640. The summed E-state index contributed by atoms with van der Waals surface area (Å²) < 4.78 is 6.09. The summed E-state index contributed by atoms with van der Waals surface area (Å²) in [6.07, 6.45) is 3.54. The van der Waals surface area contributed by atoms with Gasteiger partial charge in [-0.15, -0.1) is 0 Å². The Labute approximate surface area is 227 Å². The molecule has 0 radical (unpaired) electrons. The summed E-state index contributed by atoms with van der Waals surface area (Å²) in [6, 6.07) is 21.3. The minimum Gasteiger partial charge on any atom is -0.436 e. The number of likely N-dealkylation sites (N-methyl/N-ethyl adjacent to an activating group) is 1. The number of H-pyrrole nitrogens is 1. The van der Waals surface area contributed by atoms with Crippen molar-refractivity contribution in [3.63, 3.8) is 0 Å². The van der Waals surface area contributed by atoms with Crippen molar-refractivity contribution >= 4 is 22.6 Å². The third-order valence-corrected chi connectivity index (χ3v) is 7.53. The molecule has 0 spiro atoms. The maximum Gasteiger partial charge on any atom is 0.245 e. The standard InChI is InChI=1S/C31H32N6O2/c1-19-11-12-22(16-23(19)32)30-33-18-27(39-30)21-13-14-24-25(17-21)35-29(34-24)26-10-7-15-37(26)31(38)28(36(2)3)20-8-5-4-6-9-20/h4-6,8-9,11-14,16-18,26,28H,7,10,15,32H2,1-3H3,(H,34,35)/t26-,28+/m0/s1. The summed E-state index contributed by atoms with van der Waals surface area (Å²) in [5, 5.41) is 0. The van der Waals surface area contributed by atoms with E-state index in [4.69, 9.17) is 15.1 Å². The van der Waals surface area contributed by atoms with E-state index >= 15 is 0 Å². The smallest absolute Gasteiger partial charge is 0.245 e. The van der Waals surface area contributed by atoms with Crippen LogP contribution in [0.3, 0.4) is 0 Å². The van der Waals surface area contributed by atoms with Crippen molar-refractivity contribution in [1.82, 2.24) is 24.8 Å². The van der Waals surface area contributed by atoms with Crippen LogP contribution < -0.4 is 5.73 Å². The number of anilines is 1. The van der Waals surface area contributed by atoms with Crippen LogP contribution in [0.25, 0.3) is 33.8 Å². The number of benzene rings is 3. The quantitative estimate of drug-likeness (QED) is 0.277. The largest absolute Gasteiger partial charge is 0.436 e. The van der Waals surface area contributed by atoms with Crippen molar-refractivity contribution in [2.75, 3.05) is 26.4 Å². The minimum atomic E-state index is -0.340. The van der Waals surface area contributed by atoms with E-state index in [9.17, 15) is 4.79 Å². The number of hydrogen-bond donors (Lipinski definition) is 2. The number of rotatable bonds is 6. The molecular formula is C31H32N6O2. The summed E-state index contributed by atoms with van der Waals surface area (Å²) in [5.74, 6) is 2.10. The molecule has 0 aliphatic carbocycles. The van der Waals surface area contributed by atoms with Gasteiger partial charge < -0.3 is 20.0 Å². The Morgan fingerprint density at radius 2 is 1.90 bits per heavy atom. The molecule has 3 aromatic carbocycles. The Hall–Kier alpha value is -4.43. The average molecular weight is 521 g/mol. The predicted octanol–water partition coefficient (Wildman–Crippen LogP) is 5.74. The first-order chi connectivity index (χ1) is 18.9. The van der Waals surface area contributed by atoms with Crippen molar-refractivity contribution in [3.05, 3.63) is 89.9 Å². The number of nitrogens with two attached hydrogens (primary N) is 1. The lowest BCUT2D eigenvalue weighted by Crippen LogP contribution is -2.40. The van der Waals surface area contributed by atoms with Gasteiger partial charge in [-0.1, -0.05) is 36.4 Å². The van der Waals surface area contributed by atoms with Gasteiger partial charge >= 0.3 is 0 Å². The summed E-state index contributed by atoms with van der Waals surface area (Å²) in [6.45, 7) is 2.69. The number of aryl methyl sites for hydroxylation is 1. The number of oxazole rings is 1. The number of imidazole rings is 1. The van der Waals surface area contributed by atoms with Gasteiger partial charge in [-0.25, -0.2) is 9.97 Å². The van der Waals surface area contributed by atoms with Gasteiger partial charge in [0.15, 0.2) is 5.76 Å². The Morgan fingerprint density at radius 1 is 1.10 bits per heavy atom. The SMILES string of the molecule is Cc1ccc(-c2ncc(-c3ccc4nc([C@@H]5CCCN5C(=O)[C@@H](c5ccccc5)N(C)C)[nH]c4c3)o2)cc1N. The molecule has 8 heteroatoms. The van der Waals surface area contributed by atoms with E-state index in [1.54, 1.807) is 6.20 Å². The fourth-order valence-corrected chi connectivity index (χ4v) is 5.42. The van der Waals surface area contributed by atoms with Gasteiger partial charge in [0, 0.05) is 23.4 Å². The number of nitrogen functional groups attached to an aromatic ring is 1. The van der Waals surface area contributed by atoms with Gasteiger partial charge in [0.1, 0.15) is 11.9 Å². The fourth-order valence-electron chi connectivity index (χ4n) is 5.42. The highest BCUT2D eigenvalue weighted by Gasteiger charge is 2.37. The lowest BCUT2D eigenvalue weighted by molar-refractivity contribution is -0.137. The van der Waals surface area contributed by atoms with Crippen molar-refractivity contribution < 1.29 is 9.21 Å². The van der Waals surface area contributed by atoms with Gasteiger partial charge in [0.2, 0.25) is 11.8 Å². The molecular weight excluding hydrogens is 488 g/mol. The molecule has 6 rings (SSSR count). The monoisotopic (exact) mass is 520 g/mol. The second-order valence-corrected chi connectivity index (χ2v) is 10.4. The van der Waals surface area contributed by atoms with E-state index in [2.05, 4.69) is 9.97 Å². The molecule has 1 fully saturated rings. The molecule has 8 nitrogen and oxygen atoms in total. The normalized spacial score (nSPS) is 16.3. The summed E-state index contributed by atoms with van der Waals surface area (Å²) >= 11 is 0. The van der Waals surface area contributed by atoms with Crippen molar-refractivity contribution in [2.24, 2.45) is 0 Å². The van der Waals surface area contributed by atoms with Gasteiger partial charge in [0.25, 0.3) is 0 Å². The van der Waals surface area contributed by atoms with Crippen molar-refractivity contribution in [3.8, 4) is 22.8 Å². The first-order valence-corrected chi connectivity index (χ1v) is 13.2. The molecule has 1 aliphatic heterocycles. The minimum absolute atomic E-state index is 0.0941. The second-order valence-electron chi connectivity index (χ2n) is 10.4. The number of aromatic nitrogens is 3. The molecule has 3 heterocycles. The molecule has 1 saturated heterocycles. The highest BCUT2D eigenvalue weighted by Crippen LogP contribution is 2.36. The molecule has 2 atom stereocenters. The van der Waals surface area contributed by atoms with Crippen LogP contribution in [0.15, 0.2) is 77.3 Å². The number of aromatic amines is 1. The number of carbonyl (C=O) groups excluding carboxylic acids is 1. The number of carbonyl (C=O) groups is 1. The van der Waals surface area contributed by atoms with Gasteiger partial charge in [0.05, 0.1) is 23.3 Å². The van der Waals surface area contributed by atoms with E-state index in [-0.39, 0.29) is 18.0 Å². The van der Waals surface area contributed by atoms with Gasteiger partial charge in [-0.3, -0.25) is 9.69 Å². The van der Waals surface area contributed by atoms with E-state index < -0.39 is 0 Å². The number of likely N-dealkylation sites (tertiary alicyclic amines) is 1. The van der Waals surface area contributed by atoms with Gasteiger partial charge in [-0.2, -0.15) is 0 Å². The maximum atomic E-state index is 13.8. The van der Waals surface area contributed by atoms with Gasteiger partial charge in [-0.05, 0) is 75.3 Å². The molecule has 0 unspecified atom stereocenters. The second kappa shape index (κ2) is 10.0. The molecule has 198 valence electrons. The zero-order chi connectivity index (χ0) is 27.1. The van der Waals surface area contributed by atoms with Crippen LogP contribution in [-0.4, -0.2) is 51.3 Å². The first-order valence-electron chi connectivity index (χ1n) is 13.2. The highest BCUT2D eigenvalue weighted by atomic mass is 16.4. The number of hydrogen-bond acceptors (Lipinski definition) is 6. The predicted molar refractivity (Wildman–Crippen MR) is 153 cm³/mol. The zero-order valence-electron chi connectivity index (χ0n) is 22.4. The lowest BCUT2D eigenvalue weighted by Gasteiger charge is -2.31. The lowest BCUT2D eigenvalue weighted by atomic mass is 10.0. The summed E-state index contributed by atoms with van der Waals surface area (Å²) in [5.41, 5.74) is 12.3. The first kappa shape index (κ1) is 24.9. The Balaban J connectivity index is 1.27. The van der Waals surface area contributed by atoms with Crippen LogP contribution in [0, 0.1) is 6.92 Å². The van der Waals surface area contributed by atoms with Crippen LogP contribution in [0.2, 0.25) is 0 Å². The van der Waals surface area contributed by atoms with Crippen molar-refractivity contribution in [1.29, 1.82) is 0 Å². The number of amides is 1. The van der Waals surface area contributed by atoms with Crippen LogP contribution >= 0.6 is 0 Å². The van der Waals surface area contributed by atoms with Crippen LogP contribution in [0.5, 0.6) is 0 Å². The van der Waals surface area contributed by atoms with E-state index in [0.717, 1.165) is 52.0 Å². The van der Waals surface area contributed by atoms with E-state index in [1.807, 2.05) is 97.5 Å². The average Bonchev–Trinajstić information content (AvgIpc) is 3.69. The molecule has 1 amide bonds. The number of nitrogens with zero attached hydrogens (tertiary/aromatic N) is 4. The third-order valence-electron chi connectivity index (χ3n) is 7.53. The summed E-state index contributed by atoms with van der Waals surface area (Å²) in [7, 11) is 3.90. The van der Waals surface area contributed by atoms with Crippen LogP contribution in [-0.2, 0) is 4.79 Å². The number of nitrogens with one attached hydrogen (secondary N) is 1. The molecule has 3 N–H and O–H groups in total. The molecule has 2 aromatic heterocycles. The van der Waals surface area contributed by atoms with Crippen LogP contribution in [0.1, 0.15) is 41.9 Å². The molecule has 5 aromatic rings. The highest BCUT2D eigenvalue weighted by molar-refractivity contribution is 5.85.